The number of aromatic nitrogens is 2. The Bertz CT molecular complexity index is 3220. The molecule has 0 saturated carbocycles. The van der Waals surface area contributed by atoms with Gasteiger partial charge in [0.1, 0.15) is 50.8 Å². The third kappa shape index (κ3) is 30.4. The Morgan fingerprint density at radius 2 is 1.39 bits per heavy atom. The van der Waals surface area contributed by atoms with Crippen molar-refractivity contribution < 1.29 is 78.2 Å². The van der Waals surface area contributed by atoms with Gasteiger partial charge in [0.2, 0.25) is 23.6 Å². The van der Waals surface area contributed by atoms with Gasteiger partial charge in [-0.15, -0.1) is 5.06 Å². The third-order valence-electron chi connectivity index (χ3n) is 16.1. The third-order valence-corrected chi connectivity index (χ3v) is 25.2. The van der Waals surface area contributed by atoms with Crippen LogP contribution in [0.15, 0.2) is 94.8 Å². The minimum Gasteiger partial charge on any atom is -0.495 e. The van der Waals surface area contributed by atoms with Crippen molar-refractivity contribution in [2.75, 3.05) is 53.1 Å². The zero-order valence-corrected chi connectivity index (χ0v) is 65.7. The predicted molar refractivity (Wildman–Crippen MR) is 414 cm³/mol. The lowest BCUT2D eigenvalue weighted by Gasteiger charge is -2.42. The number of alkyl carbamates (subject to hydrolysis) is 1. The molecule has 102 heavy (non-hydrogen) atoms. The van der Waals surface area contributed by atoms with E-state index in [4.69, 9.17) is 41.5 Å². The molecule has 3 fully saturated rings. The number of likely N-dealkylation sites (N-methyl/N-ethyl adjacent to an activating group) is 1. The molecule has 2 aromatic heterocycles. The molecule has 0 aliphatic carbocycles. The maximum Gasteiger partial charge on any atom is 0.409 e. The maximum absolute atomic E-state index is 14.2. The first-order valence-corrected chi connectivity index (χ1v) is 39.8. The Morgan fingerprint density at radius 3 is 1.91 bits per heavy atom. The number of methoxy groups -OCH3 is 2. The monoisotopic (exact) mass is 1560 g/mol. The smallest absolute Gasteiger partial charge is 0.409 e. The molecule has 0 spiro atoms. The highest BCUT2D eigenvalue weighted by molar-refractivity contribution is 8.77. The number of halogens is 1. The van der Waals surface area contributed by atoms with Gasteiger partial charge in [0.25, 0.3) is 11.8 Å². The van der Waals surface area contributed by atoms with Gasteiger partial charge in [-0.05, 0) is 110 Å². The molecule has 3 aromatic rings. The zero-order valence-electron chi connectivity index (χ0n) is 61.0. The number of imide groups is 1. The van der Waals surface area contributed by atoms with Crippen molar-refractivity contribution in [1.29, 1.82) is 0 Å². The first-order valence-electron chi connectivity index (χ1n) is 33.7. The summed E-state index contributed by atoms with van der Waals surface area (Å²) in [6.45, 7) is 17.1. The summed E-state index contributed by atoms with van der Waals surface area (Å²) in [5.74, 6) is -2.51. The van der Waals surface area contributed by atoms with Gasteiger partial charge in [-0.25, -0.2) is 24.4 Å². The maximum atomic E-state index is 14.2. The van der Waals surface area contributed by atoms with Crippen molar-refractivity contribution in [2.45, 2.75) is 229 Å². The molecule has 1 aromatic carbocycles. The zero-order chi connectivity index (χ0) is 75.6. The number of fused-ring (bicyclic) bond motifs is 5. The number of allylic oxidation sites excluding steroid dienone is 3. The SMILES string of the molecule is C.C.CC.CC(CCC(=O)ON1C(=O)CCC1=O)SSc1ccccn1.CNC(=O)CCC(C)SSCCC(=O)N(C)[C@@H](C)C(=O)O[C@H]1CC(=O)N(C)c2cc(cc(OC)c2Cl)C/C(C)=C/C=C/[C@@H](OC)[C@@]2(O)C[C@H](OC(=O)N2)[C@@H](C)[C@@H]2O[C@@]12C.CNC(=O)CCC(C)SSc1ccccn1.[2H]C. The summed E-state index contributed by atoms with van der Waals surface area (Å²) in [6, 6.07) is 14.1. The van der Waals surface area contributed by atoms with E-state index >= 15 is 0 Å². The van der Waals surface area contributed by atoms with Crippen LogP contribution >= 0.6 is 76.4 Å². The summed E-state index contributed by atoms with van der Waals surface area (Å²) in [7, 11) is 20.2. The summed E-state index contributed by atoms with van der Waals surface area (Å²) >= 11 is 6.78. The number of ether oxygens (including phenoxy) is 5. The summed E-state index contributed by atoms with van der Waals surface area (Å²) < 4.78 is 35.1. The number of amides is 7. The van der Waals surface area contributed by atoms with E-state index in [9.17, 15) is 48.3 Å². The van der Waals surface area contributed by atoms with Crippen molar-refractivity contribution in [3.63, 3.8) is 0 Å². The average Bonchev–Trinajstić information content (AvgIpc) is 1.60. The van der Waals surface area contributed by atoms with Crippen LogP contribution in [-0.4, -0.2) is 184 Å². The van der Waals surface area contributed by atoms with Gasteiger partial charge in [0.15, 0.2) is 5.72 Å². The highest BCUT2D eigenvalue weighted by Gasteiger charge is 2.64. The first kappa shape index (κ1) is 92.4. The molecule has 7 rings (SSSR count). The molecule has 4 aliphatic rings. The van der Waals surface area contributed by atoms with Gasteiger partial charge in [-0.2, -0.15) is 0 Å². The number of benzene rings is 1. The number of aliphatic hydroxyl groups is 1. The van der Waals surface area contributed by atoms with E-state index in [1.165, 1.54) is 49.3 Å². The molecule has 7 amide bonds. The Morgan fingerprint density at radius 1 is 0.843 bits per heavy atom. The van der Waals surface area contributed by atoms with Gasteiger partial charge in [0, 0.05) is 121 Å². The van der Waals surface area contributed by atoms with Crippen molar-refractivity contribution in [2.24, 2.45) is 5.92 Å². The van der Waals surface area contributed by atoms with Gasteiger partial charge in [-0.1, -0.05) is 155 Å². The summed E-state index contributed by atoms with van der Waals surface area (Å²) in [5, 5.41) is 23.1. The van der Waals surface area contributed by atoms with Gasteiger partial charge >= 0.3 is 18.0 Å². The number of hydrogen-bond acceptors (Lipinski definition) is 24. The fraction of sp³-hybridized carbons (Fsp3) is 0.592. The quantitative estimate of drug-likeness (QED) is 0.0191. The second kappa shape index (κ2) is 47.7. The summed E-state index contributed by atoms with van der Waals surface area (Å²) in [4.78, 5) is 127. The molecule has 3 saturated heterocycles. The van der Waals surface area contributed by atoms with Gasteiger partial charge in [0.05, 0.1) is 25.3 Å². The lowest BCUT2D eigenvalue weighted by Crippen LogP contribution is -2.63. The number of esters is 1. The van der Waals surface area contributed by atoms with Crippen molar-refractivity contribution in [1.82, 2.24) is 35.9 Å². The van der Waals surface area contributed by atoms with E-state index in [2.05, 4.69) is 32.8 Å². The standard InChI is InChI=1S/C41H59ClN4O11S2.C14H16N2O4S2.C11H16N2OS2.C2H6.3CH4/c1-23-12-11-13-31(54-10)41(52)22-30(55-39(51)44-41)25(3)37-40(5,57-37)32(21-35(49)46(8)28-19-27(18-23)20-29(53-9)36(28)42)56-38(50)26(4)45(7)34(48)16-17-58-59-24(2)14-15-33(47)43-6;1-10(21-22-11-4-2-3-9-15-11)5-8-14(19)20-16-12(17)6-7-13(16)18;1-9(6-7-10(14)12-2)15-16-11-5-3-4-8-13-11;1-2;;;/h11-13,19-20,24-26,30-32,37,52H,14-18,21-22H2,1-10H3,(H,43,47)(H,44,51);2-4,9-10H,5-8H2,1H3;3-5,8-9H,6-7H2,1-2H3,(H,12,14);1-2H3;3*1H4/b13-11+,23-12+;;;;;;/t24?,25-,26+,30+,31-,32+,37+,40+,41+;;;;;;/m1....../s1/i;;;;1D;;. The number of rotatable bonds is 26. The number of epoxide rings is 1. The van der Waals surface area contributed by atoms with E-state index < -0.39 is 83.5 Å². The van der Waals surface area contributed by atoms with Crippen molar-refractivity contribution in [3.8, 4) is 5.75 Å². The minimum absolute atomic E-state index is 0. The molecule has 31 heteroatoms. The van der Waals surface area contributed by atoms with E-state index in [1.54, 1.807) is 133 Å². The van der Waals surface area contributed by atoms with Crippen LogP contribution in [0.1, 0.15) is 162 Å². The van der Waals surface area contributed by atoms with Gasteiger partial charge < -0.3 is 54.1 Å². The molecule has 3 unspecified atom stereocenters. The molecule has 0 radical (unpaired) electrons. The van der Waals surface area contributed by atoms with Crippen LogP contribution in [0.25, 0.3) is 0 Å². The average molecular weight is 1560 g/mol. The van der Waals surface area contributed by atoms with Crippen molar-refractivity contribution >= 4 is 136 Å². The molecule has 4 aliphatic heterocycles. The van der Waals surface area contributed by atoms with Crippen LogP contribution in [0.2, 0.25) is 5.02 Å². The number of carbonyl (C=O) groups excluding carboxylic acids is 9. The topological polar surface area (TPSA) is 304 Å². The Hall–Kier alpha value is -5.70. The highest BCUT2D eigenvalue weighted by atomic mass is 35.5. The van der Waals surface area contributed by atoms with E-state index in [1.807, 2.05) is 77.1 Å². The van der Waals surface area contributed by atoms with Crippen LogP contribution in [0.4, 0.5) is 10.5 Å². The minimum atomic E-state index is -1.84. The number of pyridine rings is 2. The molecule has 6 heterocycles. The lowest BCUT2D eigenvalue weighted by molar-refractivity contribution is -0.197. The fourth-order valence-corrected chi connectivity index (χ4v) is 16.7. The normalized spacial score (nSPS) is 22.6. The van der Waals surface area contributed by atoms with Crippen LogP contribution in [-0.2, 0) is 68.6 Å². The van der Waals surface area contributed by atoms with E-state index in [0.29, 0.717) is 59.6 Å². The van der Waals surface area contributed by atoms with Crippen LogP contribution in [0.5, 0.6) is 5.75 Å². The molecule has 4 N–H and O–H groups in total. The van der Waals surface area contributed by atoms with E-state index in [-0.39, 0.29) is 86.6 Å². The van der Waals surface area contributed by atoms with Gasteiger partial charge in [-0.3, -0.25) is 34.1 Å². The van der Waals surface area contributed by atoms with Crippen LogP contribution in [0, 0.1) is 5.92 Å². The molecule has 24 nitrogen and oxygen atoms in total. The van der Waals surface area contributed by atoms with Crippen LogP contribution in [0.3, 0.4) is 0 Å². The number of nitrogens with one attached hydrogen (secondary N) is 3. The molecule has 11 atom stereocenters. The number of hydrogen-bond donors (Lipinski definition) is 4. The lowest BCUT2D eigenvalue weighted by atomic mass is 9.83. The fourth-order valence-electron chi connectivity index (χ4n) is 9.93. The van der Waals surface area contributed by atoms with Crippen molar-refractivity contribution in [3.05, 3.63) is 95.3 Å². The van der Waals surface area contributed by atoms with Crippen LogP contribution < -0.4 is 25.6 Å². The Kier molecular flexibility index (Phi) is 43.2. The molecular weight excluding hydrogens is 1450 g/mol. The summed E-state index contributed by atoms with van der Waals surface area (Å²) in [5.41, 5.74) is -0.976. The summed E-state index contributed by atoms with van der Waals surface area (Å²) in [6.07, 6.45) is 8.09. The molecule has 572 valence electrons. The second-order valence-corrected chi connectivity index (χ2v) is 32.3. The second-order valence-electron chi connectivity index (χ2n) is 23.7. The van der Waals surface area contributed by atoms with E-state index in [0.717, 1.165) is 27.6 Å². The largest absolute Gasteiger partial charge is 0.495 e. The Balaban J connectivity index is 0.000000977. The first-order chi connectivity index (χ1) is 48.1. The predicted octanol–water partition coefficient (Wildman–Crippen LogP) is 13.5. The Labute approximate surface area is 634 Å². The number of hydroxylamine groups is 2. The number of anilines is 1. The number of carbonyl (C=O) groups is 9. The molecular formula is C71H109ClN8O16S6. The molecule has 4 bridgehead atoms. The number of nitrogens with zero attached hydrogens (tertiary/aromatic N) is 5. The highest BCUT2D eigenvalue weighted by Crippen LogP contribution is 2.49.